The monoisotopic (exact) mass is 263 g/mol. The number of hydrogen-bond donors (Lipinski definition) is 2. The lowest BCUT2D eigenvalue weighted by atomic mass is 10.2. The Morgan fingerprint density at radius 1 is 1.11 bits per heavy atom. The van der Waals surface area contributed by atoms with Crippen LogP contribution in [-0.4, -0.2) is 56.4 Å². The summed E-state index contributed by atoms with van der Waals surface area (Å²) in [5, 5.41) is 11.1. The number of carbonyl (C=O) groups excluding carboxylic acids is 1. The molecule has 0 saturated heterocycles. The third kappa shape index (κ3) is 13.2. The zero-order chi connectivity index (χ0) is 13.9. The van der Waals surface area contributed by atoms with E-state index in [9.17, 15) is 4.79 Å². The van der Waals surface area contributed by atoms with Gasteiger partial charge in [0.25, 0.3) is 0 Å². The summed E-state index contributed by atoms with van der Waals surface area (Å²) in [7, 11) is 0. The number of rotatable bonds is 9. The Balaban J connectivity index is 3.23. The van der Waals surface area contributed by atoms with Crippen molar-refractivity contribution in [2.24, 2.45) is 0 Å². The van der Waals surface area contributed by atoms with Crippen LogP contribution < -0.4 is 5.32 Å². The molecule has 0 rings (SSSR count). The molecule has 0 aromatic heterocycles. The second kappa shape index (κ2) is 10.1. The summed E-state index contributed by atoms with van der Waals surface area (Å²) < 4.78 is 15.4. The minimum absolute atomic E-state index is 0.0276. The van der Waals surface area contributed by atoms with Gasteiger partial charge in [0, 0.05) is 13.2 Å². The highest BCUT2D eigenvalue weighted by atomic mass is 16.6. The maximum Gasteiger partial charge on any atom is 0.407 e. The van der Waals surface area contributed by atoms with Gasteiger partial charge < -0.3 is 24.6 Å². The molecule has 0 aromatic carbocycles. The molecule has 0 aliphatic carbocycles. The average Bonchev–Trinajstić information content (AvgIpc) is 2.24. The first kappa shape index (κ1) is 17.2. The molecule has 0 saturated carbocycles. The van der Waals surface area contributed by atoms with Crippen molar-refractivity contribution in [3.05, 3.63) is 0 Å². The number of aliphatic hydroxyl groups is 1. The highest BCUT2D eigenvalue weighted by molar-refractivity contribution is 5.67. The maximum absolute atomic E-state index is 11.2. The van der Waals surface area contributed by atoms with E-state index in [1.54, 1.807) is 0 Å². The van der Waals surface area contributed by atoms with Crippen LogP contribution in [0.4, 0.5) is 4.79 Å². The Bertz CT molecular complexity index is 215. The standard InChI is InChI=1S/C12H25NO5/c1-12(2,3)18-11(15)13-5-4-7-16-9-10-17-8-6-14/h14H,4-10H2,1-3H3,(H,13,15). The van der Waals surface area contributed by atoms with E-state index in [0.717, 1.165) is 6.42 Å². The van der Waals surface area contributed by atoms with E-state index in [0.29, 0.717) is 33.0 Å². The molecule has 6 nitrogen and oxygen atoms in total. The van der Waals surface area contributed by atoms with Crippen molar-refractivity contribution in [1.29, 1.82) is 0 Å². The predicted octanol–water partition coefficient (Wildman–Crippen LogP) is 0.927. The van der Waals surface area contributed by atoms with Crippen LogP contribution in [-0.2, 0) is 14.2 Å². The van der Waals surface area contributed by atoms with Crippen molar-refractivity contribution < 1.29 is 24.1 Å². The molecule has 6 heteroatoms. The van der Waals surface area contributed by atoms with Gasteiger partial charge in [-0.25, -0.2) is 4.79 Å². The summed E-state index contributed by atoms with van der Waals surface area (Å²) in [6.45, 7) is 7.87. The molecule has 0 fully saturated rings. The second-order valence-corrected chi connectivity index (χ2v) is 4.73. The van der Waals surface area contributed by atoms with E-state index < -0.39 is 11.7 Å². The molecule has 1 amide bonds. The largest absolute Gasteiger partial charge is 0.444 e. The highest BCUT2D eigenvalue weighted by Crippen LogP contribution is 2.06. The number of hydrogen-bond acceptors (Lipinski definition) is 5. The van der Waals surface area contributed by atoms with E-state index >= 15 is 0 Å². The fraction of sp³-hybridized carbons (Fsp3) is 0.917. The third-order valence-electron chi connectivity index (χ3n) is 1.74. The molecular weight excluding hydrogens is 238 g/mol. The molecule has 108 valence electrons. The molecule has 0 radical (unpaired) electrons. The van der Waals surface area contributed by atoms with Crippen LogP contribution in [0.3, 0.4) is 0 Å². The van der Waals surface area contributed by atoms with Crippen molar-refractivity contribution in [3.8, 4) is 0 Å². The van der Waals surface area contributed by atoms with E-state index in [4.69, 9.17) is 19.3 Å². The van der Waals surface area contributed by atoms with Gasteiger partial charge in [-0.15, -0.1) is 0 Å². The molecule has 0 aromatic rings. The fourth-order valence-electron chi connectivity index (χ4n) is 1.07. The number of nitrogens with one attached hydrogen (secondary N) is 1. The van der Waals surface area contributed by atoms with Gasteiger partial charge in [0.1, 0.15) is 5.60 Å². The number of ether oxygens (including phenoxy) is 3. The van der Waals surface area contributed by atoms with Crippen LogP contribution in [0.1, 0.15) is 27.2 Å². The number of carbonyl (C=O) groups is 1. The predicted molar refractivity (Wildman–Crippen MR) is 67.6 cm³/mol. The molecule has 0 spiro atoms. The molecule has 0 aliphatic rings. The van der Waals surface area contributed by atoms with E-state index in [1.807, 2.05) is 20.8 Å². The van der Waals surface area contributed by atoms with Crippen molar-refractivity contribution in [2.75, 3.05) is 39.6 Å². The first-order valence-electron chi connectivity index (χ1n) is 6.19. The van der Waals surface area contributed by atoms with Crippen molar-refractivity contribution in [2.45, 2.75) is 32.8 Å². The minimum atomic E-state index is -0.468. The van der Waals surface area contributed by atoms with Gasteiger partial charge in [0.05, 0.1) is 26.4 Å². The summed E-state index contributed by atoms with van der Waals surface area (Å²) in [4.78, 5) is 11.2. The average molecular weight is 263 g/mol. The zero-order valence-corrected chi connectivity index (χ0v) is 11.5. The SMILES string of the molecule is CC(C)(C)OC(=O)NCCCOCCOCCO. The summed E-state index contributed by atoms with van der Waals surface area (Å²) >= 11 is 0. The maximum atomic E-state index is 11.2. The lowest BCUT2D eigenvalue weighted by molar-refractivity contribution is 0.0316. The summed E-state index contributed by atoms with van der Waals surface area (Å²) in [6.07, 6.45) is 0.313. The zero-order valence-electron chi connectivity index (χ0n) is 11.5. The van der Waals surface area contributed by atoms with Crippen LogP contribution in [0, 0.1) is 0 Å². The van der Waals surface area contributed by atoms with Gasteiger partial charge in [-0.2, -0.15) is 0 Å². The van der Waals surface area contributed by atoms with Gasteiger partial charge in [0.2, 0.25) is 0 Å². The molecular formula is C12H25NO5. The van der Waals surface area contributed by atoms with Crippen LogP contribution in [0.25, 0.3) is 0 Å². The van der Waals surface area contributed by atoms with Crippen LogP contribution >= 0.6 is 0 Å². The highest BCUT2D eigenvalue weighted by Gasteiger charge is 2.15. The molecule has 0 heterocycles. The molecule has 2 N–H and O–H groups in total. The summed E-state index contributed by atoms with van der Waals surface area (Å²) in [5.41, 5.74) is -0.468. The van der Waals surface area contributed by atoms with Crippen molar-refractivity contribution in [1.82, 2.24) is 5.32 Å². The van der Waals surface area contributed by atoms with Gasteiger partial charge in [-0.3, -0.25) is 0 Å². The topological polar surface area (TPSA) is 77.0 Å². The van der Waals surface area contributed by atoms with Gasteiger partial charge in [0.15, 0.2) is 0 Å². The first-order valence-corrected chi connectivity index (χ1v) is 6.19. The Morgan fingerprint density at radius 3 is 2.28 bits per heavy atom. The Hall–Kier alpha value is -0.850. The van der Waals surface area contributed by atoms with Gasteiger partial charge >= 0.3 is 6.09 Å². The second-order valence-electron chi connectivity index (χ2n) is 4.73. The van der Waals surface area contributed by atoms with E-state index in [-0.39, 0.29) is 6.61 Å². The summed E-state index contributed by atoms with van der Waals surface area (Å²) in [5.74, 6) is 0. The lowest BCUT2D eigenvalue weighted by Gasteiger charge is -2.19. The van der Waals surface area contributed by atoms with Gasteiger partial charge in [-0.05, 0) is 27.2 Å². The first-order chi connectivity index (χ1) is 8.45. The van der Waals surface area contributed by atoms with Crippen LogP contribution in [0.5, 0.6) is 0 Å². The van der Waals surface area contributed by atoms with Crippen LogP contribution in [0.15, 0.2) is 0 Å². The van der Waals surface area contributed by atoms with E-state index in [1.165, 1.54) is 0 Å². The Morgan fingerprint density at radius 2 is 1.72 bits per heavy atom. The molecule has 0 unspecified atom stereocenters. The normalized spacial score (nSPS) is 11.3. The summed E-state index contributed by atoms with van der Waals surface area (Å²) in [6, 6.07) is 0. The Labute approximate surface area is 109 Å². The molecule has 0 bridgehead atoms. The Kier molecular flexibility index (Phi) is 9.63. The molecule has 18 heavy (non-hydrogen) atoms. The minimum Gasteiger partial charge on any atom is -0.444 e. The molecule has 0 aliphatic heterocycles. The van der Waals surface area contributed by atoms with Crippen LogP contribution in [0.2, 0.25) is 0 Å². The molecule has 0 atom stereocenters. The lowest BCUT2D eigenvalue weighted by Crippen LogP contribution is -2.33. The van der Waals surface area contributed by atoms with Gasteiger partial charge in [-0.1, -0.05) is 0 Å². The number of aliphatic hydroxyl groups excluding tert-OH is 1. The number of amides is 1. The van der Waals surface area contributed by atoms with E-state index in [2.05, 4.69) is 5.32 Å². The third-order valence-corrected chi connectivity index (χ3v) is 1.74. The quantitative estimate of drug-likeness (QED) is 0.605. The van der Waals surface area contributed by atoms with Crippen molar-refractivity contribution >= 4 is 6.09 Å². The number of alkyl carbamates (subject to hydrolysis) is 1. The van der Waals surface area contributed by atoms with Crippen molar-refractivity contribution in [3.63, 3.8) is 0 Å². The fourth-order valence-corrected chi connectivity index (χ4v) is 1.07. The smallest absolute Gasteiger partial charge is 0.407 e.